The Hall–Kier alpha value is -4.49. The number of nitrogens with one attached hydrogen (secondary N) is 2. The van der Waals surface area contributed by atoms with Crippen LogP contribution >= 0.6 is 0 Å². The predicted molar refractivity (Wildman–Crippen MR) is 121 cm³/mol. The van der Waals surface area contributed by atoms with Crippen LogP contribution in [0.15, 0.2) is 66.7 Å². The highest BCUT2D eigenvalue weighted by atomic mass is 19.1. The van der Waals surface area contributed by atoms with Crippen molar-refractivity contribution in [3.05, 3.63) is 94.8 Å². The second-order valence-corrected chi connectivity index (χ2v) is 8.24. The molecule has 2 N–H and O–H groups in total. The molecule has 3 aromatic carbocycles. The quantitative estimate of drug-likeness (QED) is 0.472. The molecule has 0 aliphatic heterocycles. The van der Waals surface area contributed by atoms with E-state index in [1.54, 1.807) is 48.5 Å². The zero-order valence-electron chi connectivity index (χ0n) is 17.5. The highest BCUT2D eigenvalue weighted by Gasteiger charge is 2.49. The summed E-state index contributed by atoms with van der Waals surface area (Å²) in [7, 11) is 0. The van der Waals surface area contributed by atoms with Crippen LogP contribution in [0.4, 0.5) is 10.1 Å². The van der Waals surface area contributed by atoms with Crippen molar-refractivity contribution in [2.45, 2.75) is 24.4 Å². The molecule has 4 aromatic rings. The third-order valence-corrected chi connectivity index (χ3v) is 6.15. The minimum absolute atomic E-state index is 0.310. The predicted octanol–water partition coefficient (Wildman–Crippen LogP) is 4.98. The van der Waals surface area contributed by atoms with Crippen LogP contribution in [0.25, 0.3) is 11.0 Å². The van der Waals surface area contributed by atoms with E-state index in [1.165, 1.54) is 6.07 Å². The van der Waals surface area contributed by atoms with Crippen molar-refractivity contribution in [1.29, 1.82) is 10.5 Å². The number of nitrogens with zero attached hydrogens (tertiary/aromatic N) is 3. The number of anilines is 1. The van der Waals surface area contributed by atoms with E-state index >= 15 is 0 Å². The van der Waals surface area contributed by atoms with Crippen molar-refractivity contribution >= 4 is 22.6 Å². The van der Waals surface area contributed by atoms with Gasteiger partial charge < -0.3 is 10.3 Å². The second-order valence-electron chi connectivity index (χ2n) is 8.24. The molecule has 1 fully saturated rings. The van der Waals surface area contributed by atoms with Gasteiger partial charge in [0, 0.05) is 11.3 Å². The van der Waals surface area contributed by atoms with Gasteiger partial charge in [-0.1, -0.05) is 18.2 Å². The van der Waals surface area contributed by atoms with Gasteiger partial charge in [-0.3, -0.25) is 4.79 Å². The maximum absolute atomic E-state index is 14.1. The minimum Gasteiger partial charge on any atom is -0.341 e. The molecule has 0 unspecified atom stereocenters. The number of nitriles is 2. The molecular weight excluding hydrogens is 417 g/mol. The molecule has 1 aliphatic rings. The lowest BCUT2D eigenvalue weighted by molar-refractivity contribution is 0.102. The number of amides is 1. The Labute approximate surface area is 189 Å². The van der Waals surface area contributed by atoms with E-state index in [0.29, 0.717) is 41.0 Å². The number of H-pyrrole nitrogens is 1. The monoisotopic (exact) mass is 435 g/mol. The third kappa shape index (κ3) is 3.60. The number of fused-ring (bicyclic) bond motifs is 1. The summed E-state index contributed by atoms with van der Waals surface area (Å²) >= 11 is 0. The van der Waals surface area contributed by atoms with E-state index in [2.05, 4.69) is 16.4 Å². The topological polar surface area (TPSA) is 105 Å². The number of carbonyl (C=O) groups excluding carboxylic acids is 1. The summed E-state index contributed by atoms with van der Waals surface area (Å²) in [6.07, 6.45) is -0.297. The number of halogens is 1. The first-order valence-corrected chi connectivity index (χ1v) is 10.5. The highest BCUT2D eigenvalue weighted by Crippen LogP contribution is 2.49. The Kier molecular flexibility index (Phi) is 4.88. The van der Waals surface area contributed by atoms with Crippen LogP contribution in [0.5, 0.6) is 0 Å². The Bertz CT molecular complexity index is 1450. The van der Waals surface area contributed by atoms with Crippen LogP contribution in [-0.4, -0.2) is 22.0 Å². The van der Waals surface area contributed by atoms with Crippen LogP contribution in [0.1, 0.15) is 45.7 Å². The van der Waals surface area contributed by atoms with Crippen LogP contribution in [0.2, 0.25) is 0 Å². The zero-order chi connectivity index (χ0) is 23.0. The Morgan fingerprint density at radius 2 is 1.76 bits per heavy atom. The lowest BCUT2D eigenvalue weighted by Crippen LogP contribution is -2.44. The molecule has 0 bridgehead atoms. The van der Waals surface area contributed by atoms with Gasteiger partial charge in [0.2, 0.25) is 0 Å². The summed E-state index contributed by atoms with van der Waals surface area (Å²) in [5, 5.41) is 21.0. The third-order valence-electron chi connectivity index (χ3n) is 6.15. The Morgan fingerprint density at radius 3 is 2.45 bits per heavy atom. The lowest BCUT2D eigenvalue weighted by atomic mass is 9.62. The van der Waals surface area contributed by atoms with Crippen LogP contribution in [-0.2, 0) is 5.41 Å². The van der Waals surface area contributed by atoms with E-state index in [0.717, 1.165) is 16.6 Å². The van der Waals surface area contributed by atoms with E-state index in [-0.39, 0.29) is 5.91 Å². The first-order valence-electron chi connectivity index (χ1n) is 10.5. The molecule has 160 valence electrons. The summed E-state index contributed by atoms with van der Waals surface area (Å²) < 4.78 is 14.1. The molecule has 1 aromatic heterocycles. The second kappa shape index (κ2) is 7.89. The van der Waals surface area contributed by atoms with E-state index in [1.807, 2.05) is 18.2 Å². The summed E-state index contributed by atoms with van der Waals surface area (Å²) in [4.78, 5) is 20.5. The zero-order valence-corrected chi connectivity index (χ0v) is 17.5. The lowest BCUT2D eigenvalue weighted by Gasteiger charge is -2.43. The van der Waals surface area contributed by atoms with Crippen molar-refractivity contribution in [1.82, 2.24) is 9.97 Å². The standard InChI is InChI=1S/C26H18FN5O/c27-20-12-26(13-20,25-31-22-9-4-17(15-29)11-23(22)32-25)19-5-7-21(8-6-19)30-24(33)18-3-1-2-16(10-18)14-28/h1-11,20H,12-13H2,(H,30,33)(H,31,32). The Morgan fingerprint density at radius 1 is 1.03 bits per heavy atom. The smallest absolute Gasteiger partial charge is 0.255 e. The normalized spacial score (nSPS) is 19.3. The summed E-state index contributed by atoms with van der Waals surface area (Å²) in [6.45, 7) is 0. The Balaban J connectivity index is 1.42. The van der Waals surface area contributed by atoms with Crippen molar-refractivity contribution in [3.8, 4) is 12.1 Å². The number of benzene rings is 3. The SMILES string of the molecule is N#Cc1cccc(C(=O)Nc2ccc(C3(c4nc5ccc(C#N)cc5[nH]4)CC(F)C3)cc2)c1. The summed E-state index contributed by atoms with van der Waals surface area (Å²) in [5.41, 5.74) is 3.73. The minimum atomic E-state index is -0.917. The average molecular weight is 435 g/mol. The molecule has 5 rings (SSSR count). The van der Waals surface area contributed by atoms with Gasteiger partial charge in [0.25, 0.3) is 5.91 Å². The molecule has 7 heteroatoms. The van der Waals surface area contributed by atoms with Gasteiger partial charge in [0.05, 0.1) is 39.7 Å². The van der Waals surface area contributed by atoms with Gasteiger partial charge in [0.15, 0.2) is 0 Å². The molecule has 1 aliphatic carbocycles. The number of hydrogen-bond donors (Lipinski definition) is 2. The molecule has 33 heavy (non-hydrogen) atoms. The van der Waals surface area contributed by atoms with E-state index in [9.17, 15) is 9.18 Å². The first kappa shape index (κ1) is 20.4. The van der Waals surface area contributed by atoms with Crippen molar-refractivity contribution in [2.24, 2.45) is 0 Å². The molecule has 1 saturated carbocycles. The maximum Gasteiger partial charge on any atom is 0.255 e. The molecular formula is C26H18FN5O. The number of aromatic nitrogens is 2. The molecule has 6 nitrogen and oxygen atoms in total. The number of carbonyl (C=O) groups is 1. The largest absolute Gasteiger partial charge is 0.341 e. The maximum atomic E-state index is 14.1. The molecule has 0 saturated heterocycles. The van der Waals surface area contributed by atoms with Crippen molar-refractivity contribution in [2.75, 3.05) is 5.32 Å². The number of aromatic amines is 1. The molecule has 1 amide bonds. The summed E-state index contributed by atoms with van der Waals surface area (Å²) in [5.74, 6) is 0.360. The number of hydrogen-bond acceptors (Lipinski definition) is 4. The molecule has 0 radical (unpaired) electrons. The van der Waals surface area contributed by atoms with Gasteiger partial charge in [-0.25, -0.2) is 9.37 Å². The fourth-order valence-electron chi connectivity index (χ4n) is 4.37. The van der Waals surface area contributed by atoms with Crippen molar-refractivity contribution < 1.29 is 9.18 Å². The van der Waals surface area contributed by atoms with Crippen LogP contribution in [0, 0.1) is 22.7 Å². The fraction of sp³-hybridized carbons (Fsp3) is 0.154. The summed E-state index contributed by atoms with van der Waals surface area (Å²) in [6, 6.07) is 23.2. The van der Waals surface area contributed by atoms with Gasteiger partial charge in [-0.15, -0.1) is 0 Å². The molecule has 1 heterocycles. The van der Waals surface area contributed by atoms with E-state index in [4.69, 9.17) is 15.5 Å². The highest BCUT2D eigenvalue weighted by molar-refractivity contribution is 6.04. The van der Waals surface area contributed by atoms with Gasteiger partial charge in [-0.05, 0) is 66.9 Å². The van der Waals surface area contributed by atoms with E-state index < -0.39 is 11.6 Å². The van der Waals surface area contributed by atoms with Gasteiger partial charge in [0.1, 0.15) is 12.0 Å². The fourth-order valence-corrected chi connectivity index (χ4v) is 4.37. The van der Waals surface area contributed by atoms with Crippen LogP contribution < -0.4 is 5.32 Å². The average Bonchev–Trinajstić information content (AvgIpc) is 3.26. The van der Waals surface area contributed by atoms with Gasteiger partial charge >= 0.3 is 0 Å². The first-order chi connectivity index (χ1) is 16.0. The number of alkyl halides is 1. The van der Waals surface area contributed by atoms with Crippen LogP contribution in [0.3, 0.4) is 0 Å². The number of rotatable bonds is 4. The van der Waals surface area contributed by atoms with Crippen molar-refractivity contribution in [3.63, 3.8) is 0 Å². The van der Waals surface area contributed by atoms with Gasteiger partial charge in [-0.2, -0.15) is 10.5 Å². The molecule has 0 atom stereocenters. The number of imidazole rings is 1. The molecule has 0 spiro atoms.